The third kappa shape index (κ3) is 7.58. The molecule has 2 rings (SSSR count). The first-order valence-electron chi connectivity index (χ1n) is 9.26. The van der Waals surface area contributed by atoms with E-state index in [1.54, 1.807) is 0 Å². The minimum atomic E-state index is 0. The van der Waals surface area contributed by atoms with Crippen molar-refractivity contribution in [3.8, 4) is 0 Å². The summed E-state index contributed by atoms with van der Waals surface area (Å²) < 4.78 is 5.51. The van der Waals surface area contributed by atoms with Crippen LogP contribution < -0.4 is 10.6 Å². The molecule has 0 aromatic heterocycles. The van der Waals surface area contributed by atoms with Crippen molar-refractivity contribution in [2.75, 3.05) is 39.4 Å². The van der Waals surface area contributed by atoms with Gasteiger partial charge in [-0.1, -0.05) is 30.7 Å². The minimum Gasteiger partial charge on any atom is -0.379 e. The maximum Gasteiger partial charge on any atom is 0.191 e. The Labute approximate surface area is 179 Å². The van der Waals surface area contributed by atoms with Gasteiger partial charge in [-0.05, 0) is 38.0 Å². The fourth-order valence-corrected chi connectivity index (χ4v) is 3.07. The van der Waals surface area contributed by atoms with Gasteiger partial charge in [0.15, 0.2) is 5.96 Å². The SMILES string of the molecule is CCNC(=NCC(c1cccc(Cl)c1)N1CCOCC1)NC(C)CC.I. The average molecular weight is 495 g/mol. The molecule has 5 nitrogen and oxygen atoms in total. The van der Waals surface area contributed by atoms with Crippen LogP contribution in [-0.4, -0.2) is 56.3 Å². The fraction of sp³-hybridized carbons (Fsp3) is 0.632. The molecule has 2 N–H and O–H groups in total. The van der Waals surface area contributed by atoms with E-state index in [0.29, 0.717) is 12.6 Å². The number of rotatable bonds is 7. The molecule has 148 valence electrons. The lowest BCUT2D eigenvalue weighted by atomic mass is 10.0. The molecule has 0 radical (unpaired) electrons. The zero-order chi connectivity index (χ0) is 18.1. The van der Waals surface area contributed by atoms with Crippen molar-refractivity contribution in [2.45, 2.75) is 39.3 Å². The molecule has 0 saturated carbocycles. The average Bonchev–Trinajstić information content (AvgIpc) is 2.63. The van der Waals surface area contributed by atoms with Crippen LogP contribution in [0.1, 0.15) is 38.8 Å². The first kappa shape index (κ1) is 23.5. The number of nitrogens with zero attached hydrogens (tertiary/aromatic N) is 2. The second-order valence-electron chi connectivity index (χ2n) is 6.39. The molecule has 1 aliphatic rings. The van der Waals surface area contributed by atoms with Crippen LogP contribution in [0.2, 0.25) is 5.02 Å². The number of hydrogen-bond donors (Lipinski definition) is 2. The van der Waals surface area contributed by atoms with Crippen LogP contribution in [-0.2, 0) is 4.74 Å². The molecule has 0 aliphatic carbocycles. The molecule has 0 bridgehead atoms. The van der Waals surface area contributed by atoms with E-state index in [9.17, 15) is 0 Å². The lowest BCUT2D eigenvalue weighted by Crippen LogP contribution is -2.43. The van der Waals surface area contributed by atoms with Gasteiger partial charge >= 0.3 is 0 Å². The van der Waals surface area contributed by atoms with Crippen LogP contribution in [0.15, 0.2) is 29.3 Å². The summed E-state index contributed by atoms with van der Waals surface area (Å²) in [6.07, 6.45) is 1.06. The summed E-state index contributed by atoms with van der Waals surface area (Å²) in [5.74, 6) is 0.872. The molecular weight excluding hydrogens is 463 g/mol. The van der Waals surface area contributed by atoms with Crippen LogP contribution >= 0.6 is 35.6 Å². The number of halogens is 2. The molecular formula is C19H32ClIN4O. The van der Waals surface area contributed by atoms with Crippen LogP contribution in [0.4, 0.5) is 0 Å². The van der Waals surface area contributed by atoms with E-state index < -0.39 is 0 Å². The van der Waals surface area contributed by atoms with Crippen molar-refractivity contribution in [1.82, 2.24) is 15.5 Å². The Morgan fingerprint density at radius 2 is 2.04 bits per heavy atom. The fourth-order valence-electron chi connectivity index (χ4n) is 2.87. The van der Waals surface area contributed by atoms with E-state index in [2.05, 4.69) is 42.4 Å². The summed E-state index contributed by atoms with van der Waals surface area (Å²) in [4.78, 5) is 7.29. The highest BCUT2D eigenvalue weighted by atomic mass is 127. The number of aliphatic imine (C=N–C) groups is 1. The van der Waals surface area contributed by atoms with Gasteiger partial charge in [0.05, 0.1) is 25.8 Å². The summed E-state index contributed by atoms with van der Waals surface area (Å²) in [6.45, 7) is 11.3. The number of ether oxygens (including phenoxy) is 1. The van der Waals surface area contributed by atoms with Gasteiger partial charge in [-0.25, -0.2) is 0 Å². The smallest absolute Gasteiger partial charge is 0.191 e. The second kappa shape index (κ2) is 12.8. The van der Waals surface area contributed by atoms with Crippen LogP contribution in [0, 0.1) is 0 Å². The van der Waals surface area contributed by atoms with E-state index in [-0.39, 0.29) is 30.0 Å². The van der Waals surface area contributed by atoms with Crippen molar-refractivity contribution < 1.29 is 4.74 Å². The number of guanidine groups is 1. The highest BCUT2D eigenvalue weighted by Gasteiger charge is 2.23. The van der Waals surface area contributed by atoms with Crippen molar-refractivity contribution in [3.63, 3.8) is 0 Å². The Kier molecular flexibility index (Phi) is 11.5. The zero-order valence-corrected chi connectivity index (χ0v) is 19.1. The van der Waals surface area contributed by atoms with Gasteiger partial charge < -0.3 is 15.4 Å². The number of benzene rings is 1. The zero-order valence-electron chi connectivity index (χ0n) is 16.0. The molecule has 2 unspecified atom stereocenters. The minimum absolute atomic E-state index is 0. The number of morpholine rings is 1. The van der Waals surface area contributed by atoms with Gasteiger partial charge in [0, 0.05) is 30.7 Å². The maximum absolute atomic E-state index is 6.22. The summed E-state index contributed by atoms with van der Waals surface area (Å²) in [5, 5.41) is 7.56. The summed E-state index contributed by atoms with van der Waals surface area (Å²) in [7, 11) is 0. The Hall–Kier alpha value is -0.570. The summed E-state index contributed by atoms with van der Waals surface area (Å²) >= 11 is 6.22. The predicted octanol–water partition coefficient (Wildman–Crippen LogP) is 3.68. The van der Waals surface area contributed by atoms with E-state index in [4.69, 9.17) is 21.3 Å². The van der Waals surface area contributed by atoms with Gasteiger partial charge in [-0.2, -0.15) is 0 Å². The lowest BCUT2D eigenvalue weighted by molar-refractivity contribution is 0.0179. The Bertz CT molecular complexity index is 552. The standard InChI is InChI=1S/C19H31ClN4O.HI/c1-4-15(3)23-19(21-5-2)22-14-18(24-9-11-25-12-10-24)16-7-6-8-17(20)13-16;/h6-8,13,15,18H,4-5,9-12,14H2,1-3H3,(H2,21,22,23);1H. The summed E-state index contributed by atoms with van der Waals surface area (Å²) in [5.41, 5.74) is 1.21. The highest BCUT2D eigenvalue weighted by Crippen LogP contribution is 2.24. The molecule has 2 atom stereocenters. The molecule has 26 heavy (non-hydrogen) atoms. The van der Waals surface area contributed by atoms with Gasteiger partial charge in [0.2, 0.25) is 0 Å². The van der Waals surface area contributed by atoms with Crippen LogP contribution in [0.5, 0.6) is 0 Å². The first-order chi connectivity index (χ1) is 12.1. The molecule has 1 aromatic rings. The van der Waals surface area contributed by atoms with Crippen LogP contribution in [0.25, 0.3) is 0 Å². The summed E-state index contributed by atoms with van der Waals surface area (Å²) in [6, 6.07) is 8.71. The number of hydrogen-bond acceptors (Lipinski definition) is 3. The van der Waals surface area contributed by atoms with Crippen molar-refractivity contribution in [2.24, 2.45) is 4.99 Å². The normalized spacial score (nSPS) is 17.9. The van der Waals surface area contributed by atoms with Gasteiger partial charge in [-0.15, -0.1) is 24.0 Å². The van der Waals surface area contributed by atoms with Gasteiger partial charge in [-0.3, -0.25) is 9.89 Å². The highest BCUT2D eigenvalue weighted by molar-refractivity contribution is 14.0. The molecule has 1 aliphatic heterocycles. The van der Waals surface area contributed by atoms with E-state index in [1.165, 1.54) is 5.56 Å². The Morgan fingerprint density at radius 3 is 2.65 bits per heavy atom. The molecule has 1 aromatic carbocycles. The van der Waals surface area contributed by atoms with Crippen molar-refractivity contribution in [3.05, 3.63) is 34.9 Å². The molecule has 1 saturated heterocycles. The molecule has 0 amide bonds. The largest absolute Gasteiger partial charge is 0.379 e. The molecule has 1 heterocycles. The lowest BCUT2D eigenvalue weighted by Gasteiger charge is -2.34. The first-order valence-corrected chi connectivity index (χ1v) is 9.64. The van der Waals surface area contributed by atoms with Crippen LogP contribution in [0.3, 0.4) is 0 Å². The quantitative estimate of drug-likeness (QED) is 0.345. The predicted molar refractivity (Wildman–Crippen MR) is 121 cm³/mol. The van der Waals surface area contributed by atoms with E-state index in [0.717, 1.165) is 50.3 Å². The third-order valence-corrected chi connectivity index (χ3v) is 4.72. The Morgan fingerprint density at radius 1 is 1.31 bits per heavy atom. The monoisotopic (exact) mass is 494 g/mol. The molecule has 1 fully saturated rings. The Balaban J connectivity index is 0.00000338. The molecule has 7 heteroatoms. The third-order valence-electron chi connectivity index (χ3n) is 4.48. The van der Waals surface area contributed by atoms with Crippen molar-refractivity contribution in [1.29, 1.82) is 0 Å². The second-order valence-corrected chi connectivity index (χ2v) is 6.83. The van der Waals surface area contributed by atoms with Crippen molar-refractivity contribution >= 4 is 41.5 Å². The number of nitrogens with one attached hydrogen (secondary N) is 2. The maximum atomic E-state index is 6.22. The van der Waals surface area contributed by atoms with E-state index >= 15 is 0 Å². The van der Waals surface area contributed by atoms with Gasteiger partial charge in [0.1, 0.15) is 0 Å². The van der Waals surface area contributed by atoms with Gasteiger partial charge in [0.25, 0.3) is 0 Å². The topological polar surface area (TPSA) is 48.9 Å². The van der Waals surface area contributed by atoms with E-state index in [1.807, 2.05) is 18.2 Å². The molecule has 0 spiro atoms.